The molecule has 0 atom stereocenters. The van der Waals surface area contributed by atoms with Crippen molar-refractivity contribution in [1.29, 1.82) is 0 Å². The number of nitrogens with zero attached hydrogens (tertiary/aromatic N) is 4. The quantitative estimate of drug-likeness (QED) is 0.669. The highest BCUT2D eigenvalue weighted by molar-refractivity contribution is 7.90. The van der Waals surface area contributed by atoms with Crippen LogP contribution in [-0.2, 0) is 16.4 Å². The molecule has 3 rings (SSSR count). The lowest BCUT2D eigenvalue weighted by atomic mass is 10.1. The van der Waals surface area contributed by atoms with E-state index in [9.17, 15) is 13.2 Å². The van der Waals surface area contributed by atoms with E-state index in [4.69, 9.17) is 16.0 Å². The lowest BCUT2D eigenvalue weighted by molar-refractivity contribution is 0.102. The third-order valence-electron chi connectivity index (χ3n) is 4.00. The summed E-state index contributed by atoms with van der Waals surface area (Å²) >= 11 is 6.46. The molecule has 0 saturated heterocycles. The Bertz CT molecular complexity index is 1170. The van der Waals surface area contributed by atoms with Gasteiger partial charge in [0.05, 0.1) is 27.7 Å². The van der Waals surface area contributed by atoms with E-state index in [-0.39, 0.29) is 33.6 Å². The van der Waals surface area contributed by atoms with Gasteiger partial charge >= 0.3 is 6.01 Å². The van der Waals surface area contributed by atoms with Crippen LogP contribution in [0.1, 0.15) is 33.2 Å². The minimum Gasteiger partial charge on any atom is -0.408 e. The molecule has 1 N–H and O–H groups in total. The first kappa shape index (κ1) is 20.0. The SMILES string of the molecule is Cc1cc(C)n(Cc2c(S(C)(=O)=O)ccc(C(=O)Nc3nnc(C)o3)c2Cl)n1. The van der Waals surface area contributed by atoms with Gasteiger partial charge in [-0.25, -0.2) is 8.42 Å². The Morgan fingerprint density at radius 2 is 1.96 bits per heavy atom. The zero-order valence-corrected chi connectivity index (χ0v) is 17.2. The molecule has 148 valence electrons. The van der Waals surface area contributed by atoms with Crippen LogP contribution in [0.5, 0.6) is 0 Å². The van der Waals surface area contributed by atoms with E-state index in [0.717, 1.165) is 17.6 Å². The molecule has 0 bridgehead atoms. The molecule has 0 aliphatic rings. The van der Waals surface area contributed by atoms with E-state index in [1.54, 1.807) is 11.6 Å². The first-order chi connectivity index (χ1) is 13.1. The molecule has 11 heteroatoms. The lowest BCUT2D eigenvalue weighted by Crippen LogP contribution is -2.16. The van der Waals surface area contributed by atoms with Gasteiger partial charge in [-0.2, -0.15) is 5.10 Å². The van der Waals surface area contributed by atoms with E-state index < -0.39 is 15.7 Å². The number of anilines is 1. The number of rotatable bonds is 5. The van der Waals surface area contributed by atoms with Gasteiger partial charge in [0.15, 0.2) is 9.84 Å². The Hall–Kier alpha value is -2.72. The fourth-order valence-corrected chi connectivity index (χ4v) is 4.07. The van der Waals surface area contributed by atoms with Crippen molar-refractivity contribution < 1.29 is 17.6 Å². The average molecular weight is 424 g/mol. The van der Waals surface area contributed by atoms with Crippen LogP contribution in [0.2, 0.25) is 5.02 Å². The summed E-state index contributed by atoms with van der Waals surface area (Å²) in [5.41, 5.74) is 1.99. The number of hydrogen-bond donors (Lipinski definition) is 1. The average Bonchev–Trinajstić information content (AvgIpc) is 3.12. The molecule has 0 aliphatic heterocycles. The van der Waals surface area contributed by atoms with Gasteiger partial charge in [0.25, 0.3) is 5.91 Å². The molecule has 2 heterocycles. The standard InChI is InChI=1S/C17H18ClN5O4S/c1-9-7-10(2)23(22-9)8-13-14(28(4,25)26)6-5-12(15(13)18)16(24)19-17-21-20-11(3)27-17/h5-7H,8H2,1-4H3,(H,19,21,24). The molecule has 0 fully saturated rings. The molecule has 1 amide bonds. The molecule has 0 spiro atoms. The van der Waals surface area contributed by atoms with Crippen molar-refractivity contribution >= 4 is 33.4 Å². The van der Waals surface area contributed by atoms with Gasteiger partial charge in [-0.3, -0.25) is 14.8 Å². The monoisotopic (exact) mass is 423 g/mol. The maximum Gasteiger partial charge on any atom is 0.322 e. The number of benzene rings is 1. The fraction of sp³-hybridized carbons (Fsp3) is 0.294. The maximum absolute atomic E-state index is 12.6. The summed E-state index contributed by atoms with van der Waals surface area (Å²) in [7, 11) is -3.58. The summed E-state index contributed by atoms with van der Waals surface area (Å²) in [5, 5.41) is 14.1. The van der Waals surface area contributed by atoms with Crippen LogP contribution < -0.4 is 5.32 Å². The van der Waals surface area contributed by atoms with E-state index in [0.29, 0.717) is 5.89 Å². The molecule has 0 radical (unpaired) electrons. The van der Waals surface area contributed by atoms with E-state index in [1.807, 2.05) is 19.9 Å². The highest BCUT2D eigenvalue weighted by Crippen LogP contribution is 2.29. The minimum atomic E-state index is -3.58. The molecule has 1 aromatic carbocycles. The second-order valence-corrected chi connectivity index (χ2v) is 8.70. The fourth-order valence-electron chi connectivity index (χ4n) is 2.77. The summed E-state index contributed by atoms with van der Waals surface area (Å²) in [4.78, 5) is 12.6. The lowest BCUT2D eigenvalue weighted by Gasteiger charge is -2.14. The van der Waals surface area contributed by atoms with Crippen LogP contribution in [-0.4, -0.2) is 40.6 Å². The molecule has 28 heavy (non-hydrogen) atoms. The molecular formula is C17H18ClN5O4S. The van der Waals surface area contributed by atoms with Crippen molar-refractivity contribution in [3.63, 3.8) is 0 Å². The second-order valence-electron chi connectivity index (χ2n) is 6.34. The Labute approximate surface area is 166 Å². The second kappa shape index (κ2) is 7.36. The predicted molar refractivity (Wildman–Crippen MR) is 102 cm³/mol. The third-order valence-corrected chi connectivity index (χ3v) is 5.62. The van der Waals surface area contributed by atoms with Crippen LogP contribution in [0.3, 0.4) is 0 Å². The van der Waals surface area contributed by atoms with Gasteiger partial charge in [-0.05, 0) is 32.0 Å². The van der Waals surface area contributed by atoms with E-state index in [1.165, 1.54) is 12.1 Å². The highest BCUT2D eigenvalue weighted by atomic mass is 35.5. The van der Waals surface area contributed by atoms with Crippen LogP contribution in [0.4, 0.5) is 6.01 Å². The number of sulfone groups is 1. The van der Waals surface area contributed by atoms with Crippen LogP contribution in [0.25, 0.3) is 0 Å². The van der Waals surface area contributed by atoms with Crippen LogP contribution in [0.15, 0.2) is 27.5 Å². The minimum absolute atomic E-state index is 0.0178. The number of amides is 1. The Kier molecular flexibility index (Phi) is 5.26. The number of aryl methyl sites for hydroxylation is 3. The zero-order chi connectivity index (χ0) is 20.6. The number of carbonyl (C=O) groups excluding carboxylic acids is 1. The van der Waals surface area contributed by atoms with Gasteiger partial charge in [-0.15, -0.1) is 5.10 Å². The molecule has 0 aliphatic carbocycles. The molecule has 0 unspecified atom stereocenters. The summed E-state index contributed by atoms with van der Waals surface area (Å²) in [6.45, 7) is 5.37. The van der Waals surface area contributed by atoms with Crippen molar-refractivity contribution in [3.05, 3.63) is 51.6 Å². The van der Waals surface area contributed by atoms with Gasteiger partial charge in [0.2, 0.25) is 5.89 Å². The highest BCUT2D eigenvalue weighted by Gasteiger charge is 2.23. The number of nitrogens with one attached hydrogen (secondary N) is 1. The zero-order valence-electron chi connectivity index (χ0n) is 15.6. The van der Waals surface area contributed by atoms with Crippen molar-refractivity contribution in [2.75, 3.05) is 11.6 Å². The Morgan fingerprint density at radius 1 is 1.25 bits per heavy atom. The van der Waals surface area contributed by atoms with E-state index >= 15 is 0 Å². The molecule has 3 aromatic rings. The predicted octanol–water partition coefficient (Wildman–Crippen LogP) is 2.55. The van der Waals surface area contributed by atoms with Crippen molar-refractivity contribution in [3.8, 4) is 0 Å². The normalized spacial score (nSPS) is 11.6. The van der Waals surface area contributed by atoms with Crippen LogP contribution >= 0.6 is 11.6 Å². The maximum atomic E-state index is 12.6. The molecule has 2 aromatic heterocycles. The van der Waals surface area contributed by atoms with E-state index in [2.05, 4.69) is 20.6 Å². The van der Waals surface area contributed by atoms with Crippen molar-refractivity contribution in [2.24, 2.45) is 0 Å². The summed E-state index contributed by atoms with van der Waals surface area (Å²) < 4.78 is 31.2. The van der Waals surface area contributed by atoms with Gasteiger partial charge in [0.1, 0.15) is 0 Å². The van der Waals surface area contributed by atoms with Crippen molar-refractivity contribution in [2.45, 2.75) is 32.2 Å². The van der Waals surface area contributed by atoms with Gasteiger partial charge in [0, 0.05) is 24.4 Å². The summed E-state index contributed by atoms with van der Waals surface area (Å²) in [5.74, 6) is -0.303. The number of aromatic nitrogens is 4. The number of carbonyl (C=O) groups is 1. The molecular weight excluding hydrogens is 406 g/mol. The first-order valence-electron chi connectivity index (χ1n) is 8.20. The Balaban J connectivity index is 2.06. The third kappa shape index (κ3) is 4.07. The van der Waals surface area contributed by atoms with Crippen LogP contribution in [0, 0.1) is 20.8 Å². The Morgan fingerprint density at radius 3 is 2.50 bits per heavy atom. The smallest absolute Gasteiger partial charge is 0.322 e. The largest absolute Gasteiger partial charge is 0.408 e. The topological polar surface area (TPSA) is 120 Å². The number of halogens is 1. The summed E-state index contributed by atoms with van der Waals surface area (Å²) in [6.07, 6.45) is 1.09. The molecule has 9 nitrogen and oxygen atoms in total. The number of hydrogen-bond acceptors (Lipinski definition) is 7. The van der Waals surface area contributed by atoms with Gasteiger partial charge < -0.3 is 4.42 Å². The van der Waals surface area contributed by atoms with Crippen molar-refractivity contribution in [1.82, 2.24) is 20.0 Å². The molecule has 0 saturated carbocycles. The first-order valence-corrected chi connectivity index (χ1v) is 10.5. The summed E-state index contributed by atoms with van der Waals surface area (Å²) in [6, 6.07) is 4.49. The van der Waals surface area contributed by atoms with Gasteiger partial charge in [-0.1, -0.05) is 16.7 Å².